The summed E-state index contributed by atoms with van der Waals surface area (Å²) in [6, 6.07) is 4.84. The normalized spacial score (nSPS) is 17.7. The molecule has 0 amide bonds. The molecule has 1 aliphatic carbocycles. The monoisotopic (exact) mass is 332 g/mol. The molecule has 1 aromatic carbocycles. The van der Waals surface area contributed by atoms with Crippen LogP contribution in [0.3, 0.4) is 0 Å². The minimum atomic E-state index is -3.52. The van der Waals surface area contributed by atoms with Gasteiger partial charge in [-0.1, -0.05) is 22.9 Å². The van der Waals surface area contributed by atoms with Crippen LogP contribution in [0.4, 0.5) is 5.69 Å². The number of hydrogen-bond donors (Lipinski definition) is 2. The van der Waals surface area contributed by atoms with E-state index in [1.165, 1.54) is 6.07 Å². The van der Waals surface area contributed by atoms with E-state index < -0.39 is 10.0 Å². The van der Waals surface area contributed by atoms with Gasteiger partial charge in [0.05, 0.1) is 5.69 Å². The van der Waals surface area contributed by atoms with Gasteiger partial charge in [-0.25, -0.2) is 13.1 Å². The van der Waals surface area contributed by atoms with Gasteiger partial charge in [-0.3, -0.25) is 0 Å². The highest BCUT2D eigenvalue weighted by atomic mass is 79.9. The van der Waals surface area contributed by atoms with Crippen molar-refractivity contribution in [1.29, 1.82) is 0 Å². The van der Waals surface area contributed by atoms with Crippen LogP contribution in [0.1, 0.15) is 26.2 Å². The number of nitrogen functional groups attached to an aromatic ring is 1. The highest BCUT2D eigenvalue weighted by Gasteiger charge is 2.41. The summed E-state index contributed by atoms with van der Waals surface area (Å²) in [7, 11) is -3.52. The highest BCUT2D eigenvalue weighted by molar-refractivity contribution is 9.10. The van der Waals surface area contributed by atoms with E-state index in [0.29, 0.717) is 11.0 Å². The molecule has 1 fully saturated rings. The quantitative estimate of drug-likeness (QED) is 0.813. The molecule has 1 aliphatic rings. The first-order valence-electron chi connectivity index (χ1n) is 5.93. The van der Waals surface area contributed by atoms with Crippen molar-refractivity contribution >= 4 is 31.6 Å². The van der Waals surface area contributed by atoms with E-state index in [9.17, 15) is 8.42 Å². The van der Waals surface area contributed by atoms with Gasteiger partial charge in [-0.15, -0.1) is 0 Å². The van der Waals surface area contributed by atoms with E-state index in [0.717, 1.165) is 19.3 Å². The van der Waals surface area contributed by atoms with Crippen LogP contribution in [0, 0.1) is 5.41 Å². The van der Waals surface area contributed by atoms with Gasteiger partial charge in [0.25, 0.3) is 0 Å². The smallest absolute Gasteiger partial charge is 0.242 e. The first-order valence-corrected chi connectivity index (χ1v) is 8.21. The molecule has 2 rings (SSSR count). The fraction of sp³-hybridized carbons (Fsp3) is 0.500. The predicted molar refractivity (Wildman–Crippen MR) is 75.7 cm³/mol. The van der Waals surface area contributed by atoms with Crippen molar-refractivity contribution in [2.75, 3.05) is 12.3 Å². The van der Waals surface area contributed by atoms with Crippen molar-refractivity contribution in [1.82, 2.24) is 4.72 Å². The number of nitrogens with two attached hydrogens (primary N) is 1. The molecule has 0 radical (unpaired) electrons. The number of sulfonamides is 1. The third-order valence-corrected chi connectivity index (χ3v) is 5.56. The van der Waals surface area contributed by atoms with E-state index >= 15 is 0 Å². The Bertz CT molecular complexity index is 553. The van der Waals surface area contributed by atoms with Crippen LogP contribution >= 0.6 is 15.9 Å². The van der Waals surface area contributed by atoms with Gasteiger partial charge in [0, 0.05) is 11.0 Å². The molecule has 1 saturated carbocycles. The van der Waals surface area contributed by atoms with Crippen LogP contribution in [-0.2, 0) is 10.0 Å². The molecule has 0 atom stereocenters. The van der Waals surface area contributed by atoms with Gasteiger partial charge in [0.1, 0.15) is 4.90 Å². The lowest BCUT2D eigenvalue weighted by Gasteiger charge is -2.14. The summed E-state index contributed by atoms with van der Waals surface area (Å²) in [6.07, 6.45) is 3.20. The average molecular weight is 333 g/mol. The minimum absolute atomic E-state index is 0.142. The zero-order chi connectivity index (χ0) is 13.4. The molecule has 0 unspecified atom stereocenters. The van der Waals surface area contributed by atoms with Crippen LogP contribution in [-0.4, -0.2) is 15.0 Å². The molecule has 4 nitrogen and oxygen atoms in total. The molecule has 0 heterocycles. The van der Waals surface area contributed by atoms with Crippen molar-refractivity contribution in [2.24, 2.45) is 5.41 Å². The van der Waals surface area contributed by atoms with E-state index in [4.69, 9.17) is 5.73 Å². The van der Waals surface area contributed by atoms with E-state index in [2.05, 4.69) is 27.6 Å². The molecule has 0 aromatic heterocycles. The Morgan fingerprint density at radius 1 is 1.44 bits per heavy atom. The summed E-state index contributed by atoms with van der Waals surface area (Å²) in [5, 5.41) is 0. The highest BCUT2D eigenvalue weighted by Crippen LogP contribution is 2.48. The molecular formula is C12H17BrN2O2S. The molecule has 3 N–H and O–H groups in total. The molecule has 6 heteroatoms. The Morgan fingerprint density at radius 2 is 2.11 bits per heavy atom. The Kier molecular flexibility index (Phi) is 3.71. The molecule has 100 valence electrons. The lowest BCUT2D eigenvalue weighted by atomic mass is 10.1. The number of anilines is 1. The number of benzene rings is 1. The number of nitrogens with one attached hydrogen (secondary N) is 1. The molecule has 0 aliphatic heterocycles. The number of rotatable bonds is 5. The zero-order valence-electron chi connectivity index (χ0n) is 10.2. The lowest BCUT2D eigenvalue weighted by Crippen LogP contribution is -2.30. The lowest BCUT2D eigenvalue weighted by molar-refractivity contribution is 0.476. The molecule has 0 saturated heterocycles. The second-order valence-electron chi connectivity index (χ2n) is 4.86. The Balaban J connectivity index is 2.18. The molecule has 1 aromatic rings. The molecule has 18 heavy (non-hydrogen) atoms. The largest absolute Gasteiger partial charge is 0.398 e. The Labute approximate surface area is 116 Å². The second-order valence-corrected chi connectivity index (χ2v) is 7.51. The summed E-state index contributed by atoms with van der Waals surface area (Å²) >= 11 is 3.26. The summed E-state index contributed by atoms with van der Waals surface area (Å²) in [6.45, 7) is 2.59. The van der Waals surface area contributed by atoms with Crippen molar-refractivity contribution in [3.63, 3.8) is 0 Å². The first-order chi connectivity index (χ1) is 8.38. The molecular weight excluding hydrogens is 316 g/mol. The van der Waals surface area contributed by atoms with Crippen molar-refractivity contribution in [2.45, 2.75) is 31.1 Å². The maximum Gasteiger partial charge on any atom is 0.242 e. The molecule has 0 spiro atoms. The average Bonchev–Trinajstić information content (AvgIpc) is 3.11. The third kappa shape index (κ3) is 2.87. The van der Waals surface area contributed by atoms with Gasteiger partial charge < -0.3 is 5.73 Å². The van der Waals surface area contributed by atoms with Crippen LogP contribution in [0.25, 0.3) is 0 Å². The summed E-state index contributed by atoms with van der Waals surface area (Å²) in [4.78, 5) is 0.142. The van der Waals surface area contributed by atoms with E-state index in [1.54, 1.807) is 12.1 Å². The standard InChI is InChI=1S/C12H17BrN2O2S/c1-2-12(5-6-12)8-15-18(16,17)11-7-9(13)3-4-10(11)14/h3-4,7,15H,2,5-6,8,14H2,1H3. The summed E-state index contributed by atoms with van der Waals surface area (Å²) < 4.78 is 27.7. The van der Waals surface area contributed by atoms with Gasteiger partial charge in [-0.05, 0) is 42.9 Å². The maximum absolute atomic E-state index is 12.2. The second kappa shape index (κ2) is 4.83. The van der Waals surface area contributed by atoms with Crippen LogP contribution < -0.4 is 10.5 Å². The van der Waals surface area contributed by atoms with Crippen LogP contribution in [0.2, 0.25) is 0 Å². The predicted octanol–water partition coefficient (Wildman–Crippen LogP) is 2.50. The van der Waals surface area contributed by atoms with Gasteiger partial charge in [0.2, 0.25) is 10.0 Å². The third-order valence-electron chi connectivity index (χ3n) is 3.61. The Hall–Kier alpha value is -0.590. The topological polar surface area (TPSA) is 72.2 Å². The van der Waals surface area contributed by atoms with Crippen LogP contribution in [0.15, 0.2) is 27.6 Å². The first kappa shape index (κ1) is 13.8. The van der Waals surface area contributed by atoms with Gasteiger partial charge in [-0.2, -0.15) is 0 Å². The minimum Gasteiger partial charge on any atom is -0.398 e. The summed E-state index contributed by atoms with van der Waals surface area (Å²) in [5.41, 5.74) is 6.17. The van der Waals surface area contributed by atoms with E-state index in [-0.39, 0.29) is 16.0 Å². The van der Waals surface area contributed by atoms with Crippen molar-refractivity contribution < 1.29 is 8.42 Å². The van der Waals surface area contributed by atoms with Gasteiger partial charge >= 0.3 is 0 Å². The Morgan fingerprint density at radius 3 is 2.67 bits per heavy atom. The van der Waals surface area contributed by atoms with Crippen molar-refractivity contribution in [3.8, 4) is 0 Å². The van der Waals surface area contributed by atoms with Gasteiger partial charge in [0.15, 0.2) is 0 Å². The fourth-order valence-corrected chi connectivity index (χ4v) is 3.72. The number of halogens is 1. The summed E-state index contributed by atoms with van der Waals surface area (Å²) in [5.74, 6) is 0. The number of hydrogen-bond acceptors (Lipinski definition) is 3. The van der Waals surface area contributed by atoms with Crippen LogP contribution in [0.5, 0.6) is 0 Å². The zero-order valence-corrected chi connectivity index (χ0v) is 12.6. The maximum atomic E-state index is 12.2. The SMILES string of the molecule is CCC1(CNS(=O)(=O)c2cc(Br)ccc2N)CC1. The van der Waals surface area contributed by atoms with E-state index in [1.807, 2.05) is 0 Å². The molecule has 0 bridgehead atoms. The fourth-order valence-electron chi connectivity index (χ4n) is 1.90. The van der Waals surface area contributed by atoms with Crippen molar-refractivity contribution in [3.05, 3.63) is 22.7 Å².